The van der Waals surface area contributed by atoms with Gasteiger partial charge in [0.2, 0.25) is 0 Å². The van der Waals surface area contributed by atoms with Crippen molar-refractivity contribution >= 4 is 58.0 Å². The highest BCUT2D eigenvalue weighted by molar-refractivity contribution is 8.26. The van der Waals surface area contributed by atoms with Crippen LogP contribution in [-0.2, 0) is 25.8 Å². The molecular formula is C23H21ClN2O6S2. The van der Waals surface area contributed by atoms with Gasteiger partial charge in [0.05, 0.1) is 22.6 Å². The summed E-state index contributed by atoms with van der Waals surface area (Å²) in [5.41, 5.74) is 1.71. The van der Waals surface area contributed by atoms with E-state index in [1.807, 2.05) is 24.3 Å². The summed E-state index contributed by atoms with van der Waals surface area (Å²) < 4.78 is 11.2. The molecule has 11 heteroatoms. The Morgan fingerprint density at radius 3 is 2.59 bits per heavy atom. The van der Waals surface area contributed by atoms with Crippen molar-refractivity contribution in [2.75, 3.05) is 20.3 Å². The van der Waals surface area contributed by atoms with E-state index in [-0.39, 0.29) is 23.1 Å². The zero-order valence-electron chi connectivity index (χ0n) is 18.4. The number of thioether (sulfide) groups is 1. The van der Waals surface area contributed by atoms with Gasteiger partial charge in [-0.15, -0.1) is 10.1 Å². The van der Waals surface area contributed by atoms with Crippen molar-refractivity contribution in [1.29, 1.82) is 0 Å². The monoisotopic (exact) mass is 520 g/mol. The molecule has 178 valence electrons. The molecule has 8 nitrogen and oxygen atoms in total. The second-order valence-corrected chi connectivity index (χ2v) is 9.52. The SMILES string of the molecule is CCOON1C(=O)/C(=C\c2ccc(Oc3ccc(CC4COC(=O)N4C)cc3)cc2Cl)SC1=S. The summed E-state index contributed by atoms with van der Waals surface area (Å²) in [7, 11) is 1.74. The van der Waals surface area contributed by atoms with Crippen LogP contribution >= 0.6 is 35.6 Å². The highest BCUT2D eigenvalue weighted by atomic mass is 35.5. The Labute approximate surface area is 211 Å². The summed E-state index contributed by atoms with van der Waals surface area (Å²) in [6.07, 6.45) is 2.05. The lowest BCUT2D eigenvalue weighted by molar-refractivity contribution is -0.381. The Morgan fingerprint density at radius 1 is 1.21 bits per heavy atom. The lowest BCUT2D eigenvalue weighted by Gasteiger charge is -2.16. The number of amides is 2. The molecule has 2 aliphatic rings. The number of hydrogen-bond acceptors (Lipinski definition) is 8. The number of halogens is 1. The predicted molar refractivity (Wildman–Crippen MR) is 132 cm³/mol. The molecule has 1 atom stereocenters. The average molecular weight is 521 g/mol. The van der Waals surface area contributed by atoms with Gasteiger partial charge in [0.1, 0.15) is 18.1 Å². The number of rotatable bonds is 8. The first-order valence-electron chi connectivity index (χ1n) is 10.4. The fourth-order valence-corrected chi connectivity index (χ4v) is 4.63. The number of carbonyl (C=O) groups is 2. The molecule has 2 heterocycles. The smallest absolute Gasteiger partial charge is 0.409 e. The fourth-order valence-electron chi connectivity index (χ4n) is 3.28. The molecule has 2 aromatic carbocycles. The third-order valence-corrected chi connectivity index (χ3v) is 6.72. The second kappa shape index (κ2) is 10.7. The van der Waals surface area contributed by atoms with Gasteiger partial charge in [0, 0.05) is 7.05 Å². The molecule has 0 aromatic heterocycles. The Bertz CT molecular complexity index is 1140. The topological polar surface area (TPSA) is 77.5 Å². The van der Waals surface area contributed by atoms with Gasteiger partial charge < -0.3 is 14.4 Å². The highest BCUT2D eigenvalue weighted by Crippen LogP contribution is 2.35. The lowest BCUT2D eigenvalue weighted by Crippen LogP contribution is -2.30. The third-order valence-electron chi connectivity index (χ3n) is 5.13. The van der Waals surface area contributed by atoms with Gasteiger partial charge in [0.25, 0.3) is 5.91 Å². The van der Waals surface area contributed by atoms with Crippen LogP contribution in [0.4, 0.5) is 4.79 Å². The molecule has 2 aromatic rings. The van der Waals surface area contributed by atoms with Crippen molar-refractivity contribution in [2.45, 2.75) is 19.4 Å². The fraction of sp³-hybridized carbons (Fsp3) is 0.261. The van der Waals surface area contributed by atoms with E-state index >= 15 is 0 Å². The first kappa shape index (κ1) is 24.5. The number of nitrogens with zero attached hydrogens (tertiary/aromatic N) is 2. The zero-order chi connectivity index (χ0) is 24.2. The molecule has 0 spiro atoms. The molecule has 2 aliphatic heterocycles. The largest absolute Gasteiger partial charge is 0.457 e. The van der Waals surface area contributed by atoms with Gasteiger partial charge in [-0.25, -0.2) is 9.68 Å². The van der Waals surface area contributed by atoms with Crippen LogP contribution < -0.4 is 4.74 Å². The van der Waals surface area contributed by atoms with E-state index in [1.165, 1.54) is 0 Å². The van der Waals surface area contributed by atoms with E-state index in [9.17, 15) is 9.59 Å². The minimum Gasteiger partial charge on any atom is -0.457 e. The van der Waals surface area contributed by atoms with Crippen molar-refractivity contribution < 1.29 is 28.9 Å². The number of benzene rings is 2. The first-order chi connectivity index (χ1) is 16.4. The summed E-state index contributed by atoms with van der Waals surface area (Å²) in [4.78, 5) is 35.7. The van der Waals surface area contributed by atoms with Crippen LogP contribution in [0.3, 0.4) is 0 Å². The van der Waals surface area contributed by atoms with Gasteiger partial charge in [-0.05, 0) is 73.1 Å². The molecule has 0 saturated carbocycles. The molecular weight excluding hydrogens is 500 g/mol. The Hall–Kier alpha value is -2.63. The molecule has 1 unspecified atom stereocenters. The standard InChI is InChI=1S/C23H21ClN2O6S2/c1-3-30-32-26-21(27)20(34-23(26)33)11-15-6-9-18(12-19(15)24)31-17-7-4-14(5-8-17)10-16-13-29-22(28)25(16)2/h4-9,11-12,16H,3,10,13H2,1-2H3/b20-11+. The molecule has 2 amide bonds. The maximum Gasteiger partial charge on any atom is 0.409 e. The third kappa shape index (κ3) is 5.53. The molecule has 2 saturated heterocycles. The number of carbonyl (C=O) groups excluding carboxylic acids is 2. The van der Waals surface area contributed by atoms with Gasteiger partial charge in [-0.1, -0.05) is 35.5 Å². The van der Waals surface area contributed by atoms with Gasteiger partial charge in [0.15, 0.2) is 4.32 Å². The number of thiocarbonyl (C=S) groups is 1. The summed E-state index contributed by atoms with van der Waals surface area (Å²) in [6, 6.07) is 12.8. The summed E-state index contributed by atoms with van der Waals surface area (Å²) in [5, 5.41) is 1.35. The summed E-state index contributed by atoms with van der Waals surface area (Å²) in [6.45, 7) is 2.40. The number of hydroxylamine groups is 2. The molecule has 34 heavy (non-hydrogen) atoms. The van der Waals surface area contributed by atoms with Gasteiger partial charge in [-0.2, -0.15) is 0 Å². The van der Waals surface area contributed by atoms with Crippen LogP contribution in [-0.4, -0.2) is 52.6 Å². The summed E-state index contributed by atoms with van der Waals surface area (Å²) in [5.74, 6) is 0.782. The van der Waals surface area contributed by atoms with Crippen LogP contribution in [0.1, 0.15) is 18.1 Å². The lowest BCUT2D eigenvalue weighted by atomic mass is 10.1. The Morgan fingerprint density at radius 2 is 1.94 bits per heavy atom. The minimum atomic E-state index is -0.417. The number of hydrogen-bond donors (Lipinski definition) is 0. The van der Waals surface area contributed by atoms with Crippen LogP contribution in [0.5, 0.6) is 11.5 Å². The second-order valence-electron chi connectivity index (χ2n) is 7.43. The quantitative estimate of drug-likeness (QED) is 0.203. The van der Waals surface area contributed by atoms with Crippen LogP contribution in [0.2, 0.25) is 5.02 Å². The normalized spacial score (nSPS) is 19.3. The summed E-state index contributed by atoms with van der Waals surface area (Å²) >= 11 is 12.7. The Kier molecular flexibility index (Phi) is 7.74. The minimum absolute atomic E-state index is 0.0248. The van der Waals surface area contributed by atoms with Crippen LogP contribution in [0.25, 0.3) is 6.08 Å². The van der Waals surface area contributed by atoms with Crippen LogP contribution in [0, 0.1) is 0 Å². The maximum absolute atomic E-state index is 12.5. The molecule has 0 bridgehead atoms. The first-order valence-corrected chi connectivity index (χ1v) is 12.0. The van der Waals surface area contributed by atoms with Gasteiger partial charge in [-0.3, -0.25) is 4.79 Å². The van der Waals surface area contributed by atoms with Gasteiger partial charge >= 0.3 is 6.09 Å². The average Bonchev–Trinajstić information content (AvgIpc) is 3.27. The molecule has 2 fully saturated rings. The van der Waals surface area contributed by atoms with Crippen LogP contribution in [0.15, 0.2) is 47.4 Å². The zero-order valence-corrected chi connectivity index (χ0v) is 20.7. The van der Waals surface area contributed by atoms with E-state index in [4.69, 9.17) is 43.2 Å². The molecule has 0 aliphatic carbocycles. The van der Waals surface area contributed by atoms with Crippen molar-refractivity contribution in [3.05, 3.63) is 63.5 Å². The van der Waals surface area contributed by atoms with E-state index in [0.717, 1.165) is 22.4 Å². The number of likely N-dealkylation sites (N-methyl/N-ethyl adjacent to an activating group) is 1. The van der Waals surface area contributed by atoms with E-state index < -0.39 is 5.91 Å². The molecule has 0 radical (unpaired) electrons. The maximum atomic E-state index is 12.5. The molecule has 4 rings (SSSR count). The van der Waals surface area contributed by atoms with Crippen molar-refractivity contribution in [1.82, 2.24) is 9.96 Å². The van der Waals surface area contributed by atoms with Crippen molar-refractivity contribution in [2.24, 2.45) is 0 Å². The number of cyclic esters (lactones) is 1. The predicted octanol–water partition coefficient (Wildman–Crippen LogP) is 5.21. The van der Waals surface area contributed by atoms with Crippen molar-refractivity contribution in [3.63, 3.8) is 0 Å². The van der Waals surface area contributed by atoms with E-state index in [2.05, 4.69) is 0 Å². The number of ether oxygens (including phenoxy) is 2. The Balaban J connectivity index is 1.40. The van der Waals surface area contributed by atoms with E-state index in [1.54, 1.807) is 43.1 Å². The van der Waals surface area contributed by atoms with Crippen molar-refractivity contribution in [3.8, 4) is 11.5 Å². The van der Waals surface area contributed by atoms with E-state index in [0.29, 0.717) is 40.0 Å². The molecule has 0 N–H and O–H groups in total. The highest BCUT2D eigenvalue weighted by Gasteiger charge is 2.34.